The SMILES string of the molecule is CCOC(=O)[C@H]1C[NH+]1[C@@H](CC)C(=O)OC. The van der Waals surface area contributed by atoms with E-state index in [1.807, 2.05) is 6.92 Å². The number of esters is 2. The van der Waals surface area contributed by atoms with Crippen LogP contribution in [-0.4, -0.2) is 44.3 Å². The van der Waals surface area contributed by atoms with Crippen LogP contribution in [0.2, 0.25) is 0 Å². The highest BCUT2D eigenvalue weighted by Crippen LogP contribution is 2.00. The number of carbonyl (C=O) groups excluding carboxylic acids is 2. The first kappa shape index (κ1) is 12.0. The molecule has 1 unspecified atom stereocenters. The van der Waals surface area contributed by atoms with E-state index in [2.05, 4.69) is 4.74 Å². The highest BCUT2D eigenvalue weighted by Gasteiger charge is 2.54. The molecule has 5 nitrogen and oxygen atoms in total. The zero-order valence-electron chi connectivity index (χ0n) is 9.41. The van der Waals surface area contributed by atoms with Crippen LogP contribution in [0.15, 0.2) is 0 Å². The van der Waals surface area contributed by atoms with Crippen molar-refractivity contribution in [3.8, 4) is 0 Å². The number of hydrogen-bond acceptors (Lipinski definition) is 4. The van der Waals surface area contributed by atoms with Crippen LogP contribution in [0.3, 0.4) is 0 Å². The first-order chi connectivity index (χ1) is 7.15. The molecule has 0 aromatic carbocycles. The minimum atomic E-state index is -0.251. The molecule has 0 saturated carbocycles. The van der Waals surface area contributed by atoms with E-state index in [4.69, 9.17) is 4.74 Å². The van der Waals surface area contributed by atoms with Crippen molar-refractivity contribution >= 4 is 11.9 Å². The predicted molar refractivity (Wildman–Crippen MR) is 52.3 cm³/mol. The number of quaternary nitrogens is 1. The van der Waals surface area contributed by atoms with Crippen LogP contribution >= 0.6 is 0 Å². The van der Waals surface area contributed by atoms with E-state index >= 15 is 0 Å². The molecule has 15 heavy (non-hydrogen) atoms. The lowest BCUT2D eigenvalue weighted by atomic mass is 10.2. The number of nitrogens with one attached hydrogen (secondary N) is 1. The van der Waals surface area contributed by atoms with Gasteiger partial charge in [-0.3, -0.25) is 0 Å². The van der Waals surface area contributed by atoms with E-state index in [0.29, 0.717) is 19.6 Å². The third kappa shape index (κ3) is 2.68. The molecular formula is C10H18NO4+. The van der Waals surface area contributed by atoms with Gasteiger partial charge in [0.05, 0.1) is 13.7 Å². The Morgan fingerprint density at radius 2 is 2.13 bits per heavy atom. The zero-order chi connectivity index (χ0) is 11.4. The fraction of sp³-hybridized carbons (Fsp3) is 0.800. The summed E-state index contributed by atoms with van der Waals surface area (Å²) in [5.41, 5.74) is 0. The topological polar surface area (TPSA) is 57.0 Å². The summed E-state index contributed by atoms with van der Waals surface area (Å²) in [5, 5.41) is 0. The van der Waals surface area contributed by atoms with Crippen LogP contribution in [0.1, 0.15) is 20.3 Å². The molecule has 1 saturated heterocycles. The third-order valence-electron chi connectivity index (χ3n) is 2.64. The van der Waals surface area contributed by atoms with Gasteiger partial charge in [0.1, 0.15) is 6.54 Å². The van der Waals surface area contributed by atoms with E-state index in [1.165, 1.54) is 7.11 Å². The van der Waals surface area contributed by atoms with Gasteiger partial charge in [-0.05, 0) is 6.92 Å². The van der Waals surface area contributed by atoms with Gasteiger partial charge in [0, 0.05) is 6.42 Å². The normalized spacial score (nSPS) is 25.5. The Hall–Kier alpha value is -1.10. The van der Waals surface area contributed by atoms with Crippen molar-refractivity contribution in [3.63, 3.8) is 0 Å². The number of ether oxygens (including phenoxy) is 2. The van der Waals surface area contributed by atoms with E-state index in [0.717, 1.165) is 4.90 Å². The van der Waals surface area contributed by atoms with Crippen LogP contribution in [0, 0.1) is 0 Å². The second-order valence-electron chi connectivity index (χ2n) is 3.57. The quantitative estimate of drug-likeness (QED) is 0.462. The fourth-order valence-electron chi connectivity index (χ4n) is 1.76. The molecule has 1 N–H and O–H groups in total. The molecule has 5 heteroatoms. The molecule has 0 amide bonds. The van der Waals surface area contributed by atoms with Crippen molar-refractivity contribution in [2.24, 2.45) is 0 Å². The van der Waals surface area contributed by atoms with Crippen LogP contribution in [-0.2, 0) is 19.1 Å². The maximum Gasteiger partial charge on any atom is 0.371 e. The van der Waals surface area contributed by atoms with Crippen molar-refractivity contribution in [3.05, 3.63) is 0 Å². The van der Waals surface area contributed by atoms with E-state index in [1.54, 1.807) is 6.92 Å². The molecule has 1 heterocycles. The lowest BCUT2D eigenvalue weighted by molar-refractivity contribution is -0.790. The fourth-order valence-corrected chi connectivity index (χ4v) is 1.76. The number of rotatable bonds is 5. The summed E-state index contributed by atoms with van der Waals surface area (Å²) in [6.07, 6.45) is 0.678. The van der Waals surface area contributed by atoms with Gasteiger partial charge in [0.2, 0.25) is 6.04 Å². The maximum atomic E-state index is 11.4. The third-order valence-corrected chi connectivity index (χ3v) is 2.64. The number of methoxy groups -OCH3 is 1. The highest BCUT2D eigenvalue weighted by atomic mass is 16.5. The highest BCUT2D eigenvalue weighted by molar-refractivity contribution is 5.78. The van der Waals surface area contributed by atoms with Crippen molar-refractivity contribution in [2.45, 2.75) is 32.4 Å². The first-order valence-electron chi connectivity index (χ1n) is 5.25. The average molecular weight is 216 g/mol. The van der Waals surface area contributed by atoms with Gasteiger partial charge in [-0.25, -0.2) is 9.59 Å². The second-order valence-corrected chi connectivity index (χ2v) is 3.57. The summed E-state index contributed by atoms with van der Waals surface area (Å²) >= 11 is 0. The Morgan fingerprint density at radius 3 is 2.60 bits per heavy atom. The summed E-state index contributed by atoms with van der Waals surface area (Å²) in [5.74, 6) is -0.464. The molecule has 0 spiro atoms. The van der Waals surface area contributed by atoms with E-state index in [9.17, 15) is 9.59 Å². The van der Waals surface area contributed by atoms with E-state index < -0.39 is 0 Å². The number of carbonyl (C=O) groups is 2. The minimum absolute atomic E-state index is 0.172. The Labute approximate surface area is 89.3 Å². The minimum Gasteiger partial charge on any atom is -0.465 e. The molecule has 1 aliphatic heterocycles. The summed E-state index contributed by atoms with van der Waals surface area (Å²) in [6.45, 7) is 4.75. The van der Waals surface area contributed by atoms with Crippen LogP contribution in [0.5, 0.6) is 0 Å². The monoisotopic (exact) mass is 216 g/mol. The molecule has 1 rings (SSSR count). The van der Waals surface area contributed by atoms with Crippen molar-refractivity contribution in [2.75, 3.05) is 20.3 Å². The lowest BCUT2D eigenvalue weighted by Crippen LogP contribution is -3.01. The van der Waals surface area contributed by atoms with Gasteiger partial charge in [0.25, 0.3) is 0 Å². The van der Waals surface area contributed by atoms with Crippen molar-refractivity contribution < 1.29 is 24.0 Å². The van der Waals surface area contributed by atoms with Gasteiger partial charge in [0.15, 0.2) is 6.04 Å². The molecule has 0 aromatic rings. The predicted octanol–water partition coefficient (Wildman–Crippen LogP) is -1.23. The summed E-state index contributed by atoms with van der Waals surface area (Å²) in [4.78, 5) is 23.7. The smallest absolute Gasteiger partial charge is 0.371 e. The van der Waals surface area contributed by atoms with Crippen LogP contribution < -0.4 is 4.90 Å². The molecule has 0 radical (unpaired) electrons. The summed E-state index contributed by atoms with van der Waals surface area (Å²) in [6, 6.07) is -0.404. The zero-order valence-corrected chi connectivity index (χ0v) is 9.41. The molecule has 3 atom stereocenters. The molecular weight excluding hydrogens is 198 g/mol. The van der Waals surface area contributed by atoms with Gasteiger partial charge in [-0.2, -0.15) is 0 Å². The summed E-state index contributed by atoms with van der Waals surface area (Å²) < 4.78 is 9.57. The molecule has 1 aliphatic rings. The van der Waals surface area contributed by atoms with Crippen molar-refractivity contribution in [1.29, 1.82) is 0 Å². The molecule has 86 valence electrons. The Morgan fingerprint density at radius 1 is 1.47 bits per heavy atom. The van der Waals surface area contributed by atoms with Gasteiger partial charge in [-0.15, -0.1) is 0 Å². The number of hydrogen-bond donors (Lipinski definition) is 1. The first-order valence-corrected chi connectivity index (χ1v) is 5.25. The van der Waals surface area contributed by atoms with Gasteiger partial charge < -0.3 is 14.4 Å². The Balaban J connectivity index is 2.47. The summed E-state index contributed by atoms with van der Waals surface area (Å²) in [7, 11) is 1.37. The maximum absolute atomic E-state index is 11.4. The molecule has 0 aromatic heterocycles. The van der Waals surface area contributed by atoms with Crippen LogP contribution in [0.25, 0.3) is 0 Å². The Bertz CT molecular complexity index is 254. The Kier molecular flexibility index (Phi) is 4.08. The standard InChI is InChI=1S/C10H17NO4/c1-4-7(9(12)14-3)11-6-8(11)10(13)15-5-2/h7-8H,4-6H2,1-3H3/p+1/t7-,8+,11?/m0/s1. The van der Waals surface area contributed by atoms with Crippen molar-refractivity contribution in [1.82, 2.24) is 0 Å². The molecule has 0 aliphatic carbocycles. The van der Waals surface area contributed by atoms with Gasteiger partial charge in [-0.1, -0.05) is 6.92 Å². The van der Waals surface area contributed by atoms with Gasteiger partial charge >= 0.3 is 11.9 Å². The second kappa shape index (κ2) is 5.11. The lowest BCUT2D eigenvalue weighted by Gasteiger charge is -2.10. The largest absolute Gasteiger partial charge is 0.465 e. The molecule has 0 bridgehead atoms. The average Bonchev–Trinajstić information content (AvgIpc) is 2.99. The molecule has 1 fully saturated rings. The van der Waals surface area contributed by atoms with Crippen LogP contribution in [0.4, 0.5) is 0 Å². The van der Waals surface area contributed by atoms with E-state index in [-0.39, 0.29) is 24.0 Å².